The molecule has 9 heteroatoms. The quantitative estimate of drug-likeness (QED) is 0.452. The first-order valence-corrected chi connectivity index (χ1v) is 11.3. The number of nitrogens with zero attached hydrogens (tertiary/aromatic N) is 5. The maximum atomic E-state index is 11.8. The molecular weight excluding hydrogens is 448 g/mol. The molecule has 3 heterocycles. The lowest BCUT2D eigenvalue weighted by atomic mass is 10.1. The van der Waals surface area contributed by atoms with Gasteiger partial charge in [-0.05, 0) is 55.0 Å². The summed E-state index contributed by atoms with van der Waals surface area (Å²) in [5, 5.41) is 18.8. The van der Waals surface area contributed by atoms with Crippen LogP contribution in [0.4, 0.5) is 11.4 Å². The average molecular weight is 467 g/mol. The highest BCUT2D eigenvalue weighted by molar-refractivity contribution is 7.07. The van der Waals surface area contributed by atoms with E-state index in [1.54, 1.807) is 29.2 Å². The molecule has 0 atom stereocenters. The van der Waals surface area contributed by atoms with Crippen LogP contribution < -0.4 is 14.9 Å². The summed E-state index contributed by atoms with van der Waals surface area (Å²) < 4.78 is 7.27. The van der Waals surface area contributed by atoms with Crippen molar-refractivity contribution in [2.75, 3.05) is 11.9 Å². The Balaban J connectivity index is 1.64. The first-order chi connectivity index (χ1) is 16.6. The van der Waals surface area contributed by atoms with E-state index in [9.17, 15) is 4.79 Å². The Kier molecular flexibility index (Phi) is 5.72. The van der Waals surface area contributed by atoms with Crippen LogP contribution in [0.1, 0.15) is 18.1 Å². The van der Waals surface area contributed by atoms with Gasteiger partial charge in [-0.2, -0.15) is 10.4 Å². The molecule has 166 valence electrons. The van der Waals surface area contributed by atoms with Crippen LogP contribution in [0.5, 0.6) is 5.75 Å². The van der Waals surface area contributed by atoms with Crippen molar-refractivity contribution in [3.8, 4) is 23.1 Å². The second-order valence-electron chi connectivity index (χ2n) is 7.46. The second-order valence-corrected chi connectivity index (χ2v) is 8.30. The monoisotopic (exact) mass is 466 g/mol. The number of pyridine rings is 1. The molecule has 0 radical (unpaired) electrons. The Morgan fingerprint density at radius 2 is 2.09 bits per heavy atom. The fraction of sp³-hybridized carbons (Fsp3) is 0.0800. The smallest absolute Gasteiger partial charge is 0.262 e. The fourth-order valence-electron chi connectivity index (χ4n) is 3.44. The van der Waals surface area contributed by atoms with Gasteiger partial charge >= 0.3 is 0 Å². The number of thiazole rings is 1. The van der Waals surface area contributed by atoms with Gasteiger partial charge in [-0.3, -0.25) is 9.78 Å². The minimum atomic E-state index is -0.190. The largest absolute Gasteiger partial charge is 0.482 e. The molecule has 1 N–H and O–H groups in total. The number of hydrogen-bond acceptors (Lipinski definition) is 7. The first-order valence-electron chi connectivity index (χ1n) is 10.4. The van der Waals surface area contributed by atoms with Gasteiger partial charge in [0.15, 0.2) is 6.61 Å². The molecule has 1 aliphatic rings. The van der Waals surface area contributed by atoms with Crippen LogP contribution in [0.3, 0.4) is 0 Å². The Labute approximate surface area is 199 Å². The van der Waals surface area contributed by atoms with Crippen LogP contribution in [-0.2, 0) is 4.79 Å². The summed E-state index contributed by atoms with van der Waals surface area (Å²) in [6.07, 6.45) is 3.39. The molecule has 5 rings (SSSR count). The zero-order chi connectivity index (χ0) is 23.5. The van der Waals surface area contributed by atoms with Crippen molar-refractivity contribution in [1.82, 2.24) is 9.66 Å². The Hall–Kier alpha value is -4.55. The van der Waals surface area contributed by atoms with E-state index in [2.05, 4.69) is 16.4 Å². The van der Waals surface area contributed by atoms with E-state index in [0.29, 0.717) is 27.5 Å². The van der Waals surface area contributed by atoms with E-state index < -0.39 is 0 Å². The molecule has 0 saturated carbocycles. The molecule has 0 spiro atoms. The first kappa shape index (κ1) is 21.3. The third-order valence-corrected chi connectivity index (χ3v) is 5.96. The van der Waals surface area contributed by atoms with Crippen molar-refractivity contribution in [3.05, 3.63) is 88.3 Å². The number of nitriles is 1. The molecule has 4 aromatic rings. The highest BCUT2D eigenvalue weighted by atomic mass is 32.1. The van der Waals surface area contributed by atoms with Gasteiger partial charge in [0.1, 0.15) is 5.75 Å². The van der Waals surface area contributed by atoms with Gasteiger partial charge in [-0.15, -0.1) is 11.3 Å². The summed E-state index contributed by atoms with van der Waals surface area (Å²) in [6.45, 7) is 1.91. The highest BCUT2D eigenvalue weighted by Crippen LogP contribution is 2.33. The molecule has 34 heavy (non-hydrogen) atoms. The van der Waals surface area contributed by atoms with E-state index in [1.807, 2.05) is 54.8 Å². The van der Waals surface area contributed by atoms with Crippen LogP contribution in [-0.4, -0.2) is 27.9 Å². The topological polar surface area (TPSA) is 105 Å². The van der Waals surface area contributed by atoms with Crippen molar-refractivity contribution in [2.45, 2.75) is 6.92 Å². The average Bonchev–Trinajstić information content (AvgIpc) is 3.26. The van der Waals surface area contributed by atoms with E-state index in [-0.39, 0.29) is 12.5 Å². The van der Waals surface area contributed by atoms with Crippen LogP contribution >= 0.6 is 11.3 Å². The van der Waals surface area contributed by atoms with E-state index in [4.69, 9.17) is 20.1 Å². The summed E-state index contributed by atoms with van der Waals surface area (Å²) >= 11 is 1.45. The number of benzene rings is 2. The summed E-state index contributed by atoms with van der Waals surface area (Å²) in [6, 6.07) is 18.7. The minimum absolute atomic E-state index is 0.00696. The molecule has 8 nitrogen and oxygen atoms in total. The zero-order valence-corrected chi connectivity index (χ0v) is 18.9. The number of amides is 1. The molecule has 0 aliphatic carbocycles. The summed E-state index contributed by atoms with van der Waals surface area (Å²) in [5.41, 5.74) is 5.22. The summed E-state index contributed by atoms with van der Waals surface area (Å²) in [7, 11) is 0. The Morgan fingerprint density at radius 3 is 2.85 bits per heavy atom. The van der Waals surface area contributed by atoms with Crippen molar-refractivity contribution in [3.63, 3.8) is 0 Å². The van der Waals surface area contributed by atoms with Crippen LogP contribution in [0.2, 0.25) is 0 Å². The number of carbonyl (C=O) groups excluding carboxylic acids is 1. The number of fused-ring (bicyclic) bond motifs is 1. The SMILES string of the molecule is CC(=Nn1c(-c2ccc3c(c2)NC(=O)CO3)csc1=Nc1cccnc1)c1ccc(C#N)cc1. The fourth-order valence-corrected chi connectivity index (χ4v) is 4.29. The van der Waals surface area contributed by atoms with Crippen LogP contribution in [0, 0.1) is 11.3 Å². The number of anilines is 1. The van der Waals surface area contributed by atoms with Gasteiger partial charge in [0.05, 0.1) is 40.6 Å². The van der Waals surface area contributed by atoms with Gasteiger partial charge in [0.25, 0.3) is 5.91 Å². The lowest BCUT2D eigenvalue weighted by molar-refractivity contribution is -0.118. The summed E-state index contributed by atoms with van der Waals surface area (Å²) in [4.78, 5) is 21.3. The molecule has 0 unspecified atom stereocenters. The lowest BCUT2D eigenvalue weighted by Gasteiger charge is -2.18. The van der Waals surface area contributed by atoms with Crippen LogP contribution in [0.15, 0.2) is 82.5 Å². The molecule has 0 fully saturated rings. The molecule has 2 aromatic heterocycles. The number of aromatic nitrogens is 2. The van der Waals surface area contributed by atoms with Crippen molar-refractivity contribution >= 4 is 34.3 Å². The molecule has 1 amide bonds. The van der Waals surface area contributed by atoms with Gasteiger partial charge < -0.3 is 10.1 Å². The Bertz CT molecular complexity index is 1510. The van der Waals surface area contributed by atoms with Gasteiger partial charge in [0.2, 0.25) is 4.80 Å². The predicted octanol–water partition coefficient (Wildman–Crippen LogP) is 4.32. The van der Waals surface area contributed by atoms with Crippen molar-refractivity contribution in [1.29, 1.82) is 5.26 Å². The molecular formula is C25H18N6O2S. The number of carbonyl (C=O) groups is 1. The van der Waals surface area contributed by atoms with Crippen LogP contribution in [0.25, 0.3) is 11.3 Å². The third-order valence-electron chi connectivity index (χ3n) is 5.15. The number of rotatable bonds is 4. The minimum Gasteiger partial charge on any atom is -0.482 e. The molecule has 2 aromatic carbocycles. The maximum Gasteiger partial charge on any atom is 0.262 e. The number of ether oxygens (including phenoxy) is 1. The van der Waals surface area contributed by atoms with E-state index in [0.717, 1.165) is 22.5 Å². The maximum absolute atomic E-state index is 11.8. The van der Waals surface area contributed by atoms with Gasteiger partial charge in [-0.1, -0.05) is 12.1 Å². The Morgan fingerprint density at radius 1 is 1.24 bits per heavy atom. The predicted molar refractivity (Wildman–Crippen MR) is 130 cm³/mol. The van der Waals surface area contributed by atoms with Crippen molar-refractivity contribution in [2.24, 2.45) is 10.1 Å². The molecule has 0 bridgehead atoms. The third kappa shape index (κ3) is 4.35. The molecule has 1 aliphatic heterocycles. The summed E-state index contributed by atoms with van der Waals surface area (Å²) in [5.74, 6) is 0.437. The highest BCUT2D eigenvalue weighted by Gasteiger charge is 2.18. The second kappa shape index (κ2) is 9.13. The normalized spacial score (nSPS) is 13.6. The van der Waals surface area contributed by atoms with Gasteiger partial charge in [-0.25, -0.2) is 9.67 Å². The standard InChI is InChI=1S/C25H18N6O2S/c1-16(18-6-4-17(12-26)5-7-18)30-31-22(15-34-25(31)28-20-3-2-10-27-13-20)19-8-9-23-21(11-19)29-24(32)14-33-23/h2-11,13,15H,14H2,1H3,(H,29,32). The van der Waals surface area contributed by atoms with E-state index >= 15 is 0 Å². The van der Waals surface area contributed by atoms with Crippen molar-refractivity contribution < 1.29 is 9.53 Å². The molecule has 0 saturated heterocycles. The number of nitrogens with one attached hydrogen (secondary N) is 1. The number of hydrogen-bond donors (Lipinski definition) is 1. The van der Waals surface area contributed by atoms with Gasteiger partial charge in [0, 0.05) is 17.1 Å². The van der Waals surface area contributed by atoms with E-state index in [1.165, 1.54) is 11.3 Å². The lowest BCUT2D eigenvalue weighted by Crippen LogP contribution is -2.25. The zero-order valence-electron chi connectivity index (χ0n) is 18.1.